The van der Waals surface area contributed by atoms with Crippen LogP contribution in [-0.2, 0) is 9.53 Å². The van der Waals surface area contributed by atoms with Crippen molar-refractivity contribution >= 4 is 39.9 Å². The highest BCUT2D eigenvalue weighted by molar-refractivity contribution is 6.32. The minimum absolute atomic E-state index is 0.0430. The zero-order valence-electron chi connectivity index (χ0n) is 15.1. The van der Waals surface area contributed by atoms with Crippen molar-refractivity contribution in [3.63, 3.8) is 0 Å². The number of halogens is 1. The van der Waals surface area contributed by atoms with Crippen molar-refractivity contribution in [2.45, 2.75) is 6.92 Å². The van der Waals surface area contributed by atoms with Crippen molar-refractivity contribution in [3.8, 4) is 11.5 Å². The molecule has 0 aliphatic heterocycles. The lowest BCUT2D eigenvalue weighted by Gasteiger charge is -2.10. The number of ether oxygens (including phenoxy) is 2. The third kappa shape index (κ3) is 4.53. The zero-order chi connectivity index (χ0) is 20.1. The van der Waals surface area contributed by atoms with Crippen LogP contribution in [0.1, 0.15) is 17.3 Å². The fourth-order valence-corrected chi connectivity index (χ4v) is 2.85. The van der Waals surface area contributed by atoms with Gasteiger partial charge in [-0.2, -0.15) is 0 Å². The number of rotatable bonds is 6. The summed E-state index contributed by atoms with van der Waals surface area (Å²) in [6, 6.07) is 15.8. The Morgan fingerprint density at radius 1 is 1.07 bits per heavy atom. The van der Waals surface area contributed by atoms with Crippen molar-refractivity contribution in [3.05, 3.63) is 65.2 Å². The maximum atomic E-state index is 12.2. The van der Waals surface area contributed by atoms with Crippen LogP contribution in [0, 0.1) is 0 Å². The number of hydrogen-bond acceptors (Lipinski definition) is 5. The molecule has 3 rings (SSSR count). The monoisotopic (exact) mass is 399 g/mol. The van der Waals surface area contributed by atoms with E-state index in [1.54, 1.807) is 13.0 Å². The van der Waals surface area contributed by atoms with E-state index in [2.05, 4.69) is 5.32 Å². The van der Waals surface area contributed by atoms with Gasteiger partial charge >= 0.3 is 5.97 Å². The van der Waals surface area contributed by atoms with Gasteiger partial charge in [0.2, 0.25) is 0 Å². The van der Waals surface area contributed by atoms with Crippen molar-refractivity contribution < 1.29 is 24.2 Å². The maximum Gasteiger partial charge on any atom is 0.338 e. The molecule has 0 radical (unpaired) electrons. The molecule has 0 bridgehead atoms. The van der Waals surface area contributed by atoms with Gasteiger partial charge in [0.05, 0.1) is 17.2 Å². The lowest BCUT2D eigenvalue weighted by Crippen LogP contribution is -2.21. The first-order chi connectivity index (χ1) is 13.5. The van der Waals surface area contributed by atoms with Gasteiger partial charge in [0.25, 0.3) is 5.91 Å². The van der Waals surface area contributed by atoms with Crippen LogP contribution >= 0.6 is 11.6 Å². The van der Waals surface area contributed by atoms with E-state index in [9.17, 15) is 14.7 Å². The van der Waals surface area contributed by atoms with Gasteiger partial charge in [-0.25, -0.2) is 4.79 Å². The summed E-state index contributed by atoms with van der Waals surface area (Å²) in [5.74, 6) is -1.41. The van der Waals surface area contributed by atoms with Gasteiger partial charge < -0.3 is 19.9 Å². The first kappa shape index (κ1) is 19.5. The number of fused-ring (bicyclic) bond motifs is 1. The lowest BCUT2D eigenvalue weighted by molar-refractivity contribution is -0.119. The Balaban J connectivity index is 1.63. The standard InChI is InChI=1S/C21H18ClNO5/c1-2-27-18-11-15(10-17(22)20(18)25)21(26)28-12-19(24)23-16-8-7-13-5-3-4-6-14(13)9-16/h3-11,25H,2,12H2,1H3,(H,23,24). The fraction of sp³-hybridized carbons (Fsp3) is 0.143. The quantitative estimate of drug-likeness (QED) is 0.600. The molecular formula is C21H18ClNO5. The summed E-state index contributed by atoms with van der Waals surface area (Å²) in [5.41, 5.74) is 0.677. The Morgan fingerprint density at radius 2 is 1.82 bits per heavy atom. The first-order valence-electron chi connectivity index (χ1n) is 8.59. The van der Waals surface area contributed by atoms with Crippen LogP contribution in [0.15, 0.2) is 54.6 Å². The molecule has 0 spiro atoms. The number of phenols is 1. The largest absolute Gasteiger partial charge is 0.503 e. The zero-order valence-corrected chi connectivity index (χ0v) is 15.8. The molecule has 0 fully saturated rings. The third-order valence-electron chi connectivity index (χ3n) is 3.93. The molecule has 0 unspecified atom stereocenters. The Kier molecular flexibility index (Phi) is 6.01. The summed E-state index contributed by atoms with van der Waals surface area (Å²) >= 11 is 5.90. The van der Waals surface area contributed by atoms with Gasteiger partial charge in [-0.15, -0.1) is 0 Å². The molecule has 3 aromatic carbocycles. The van der Waals surface area contributed by atoms with Gasteiger partial charge in [-0.3, -0.25) is 4.79 Å². The van der Waals surface area contributed by atoms with Gasteiger partial charge in [0.15, 0.2) is 18.1 Å². The van der Waals surface area contributed by atoms with Gasteiger partial charge in [0.1, 0.15) is 0 Å². The number of aromatic hydroxyl groups is 1. The van der Waals surface area contributed by atoms with E-state index in [0.717, 1.165) is 10.8 Å². The predicted octanol–water partition coefficient (Wildman–Crippen LogP) is 4.39. The molecule has 0 heterocycles. The smallest absolute Gasteiger partial charge is 0.338 e. The van der Waals surface area contributed by atoms with Crippen LogP contribution < -0.4 is 10.1 Å². The molecule has 7 heteroatoms. The molecule has 3 aromatic rings. The number of nitrogens with one attached hydrogen (secondary N) is 1. The number of amides is 1. The molecule has 0 atom stereocenters. The average molecular weight is 400 g/mol. The molecule has 0 saturated carbocycles. The first-order valence-corrected chi connectivity index (χ1v) is 8.97. The molecule has 2 N–H and O–H groups in total. The summed E-state index contributed by atoms with van der Waals surface area (Å²) in [4.78, 5) is 24.3. The predicted molar refractivity (Wildman–Crippen MR) is 107 cm³/mol. The van der Waals surface area contributed by atoms with Crippen LogP contribution in [0.2, 0.25) is 5.02 Å². The molecule has 0 aromatic heterocycles. The summed E-state index contributed by atoms with van der Waals surface area (Å²) in [7, 11) is 0. The molecule has 0 saturated heterocycles. The molecule has 0 aliphatic carbocycles. The van der Waals surface area contributed by atoms with Crippen molar-refractivity contribution in [1.29, 1.82) is 0 Å². The number of phenolic OH excluding ortho intramolecular Hbond substituents is 1. The Hall–Kier alpha value is -3.25. The van der Waals surface area contributed by atoms with Crippen LogP contribution in [-0.4, -0.2) is 30.2 Å². The molecule has 144 valence electrons. The van der Waals surface area contributed by atoms with Gasteiger partial charge in [-0.1, -0.05) is 41.9 Å². The van der Waals surface area contributed by atoms with Crippen molar-refractivity contribution in [1.82, 2.24) is 0 Å². The minimum atomic E-state index is -0.753. The van der Waals surface area contributed by atoms with Crippen LogP contribution in [0.25, 0.3) is 10.8 Å². The summed E-state index contributed by atoms with van der Waals surface area (Å²) in [5, 5.41) is 14.5. The second-order valence-corrected chi connectivity index (χ2v) is 6.33. The van der Waals surface area contributed by atoms with Crippen molar-refractivity contribution in [2.24, 2.45) is 0 Å². The topological polar surface area (TPSA) is 84.9 Å². The van der Waals surface area contributed by atoms with E-state index in [-0.39, 0.29) is 28.7 Å². The molecule has 0 aliphatic rings. The van der Waals surface area contributed by atoms with E-state index in [4.69, 9.17) is 21.1 Å². The van der Waals surface area contributed by atoms with Crippen LogP contribution in [0.3, 0.4) is 0 Å². The Bertz CT molecular complexity index is 1030. The van der Waals surface area contributed by atoms with E-state index in [0.29, 0.717) is 5.69 Å². The van der Waals surface area contributed by atoms with E-state index >= 15 is 0 Å². The number of carbonyl (C=O) groups is 2. The normalized spacial score (nSPS) is 10.5. The second-order valence-electron chi connectivity index (χ2n) is 5.92. The SMILES string of the molecule is CCOc1cc(C(=O)OCC(=O)Nc2ccc3ccccc3c2)cc(Cl)c1O. The summed E-state index contributed by atoms with van der Waals surface area (Å²) in [6.07, 6.45) is 0. The molecule has 1 amide bonds. The number of hydrogen-bond donors (Lipinski definition) is 2. The molecule has 28 heavy (non-hydrogen) atoms. The number of esters is 1. The van der Waals surface area contributed by atoms with Gasteiger partial charge in [-0.05, 0) is 42.0 Å². The highest BCUT2D eigenvalue weighted by Crippen LogP contribution is 2.35. The van der Waals surface area contributed by atoms with Gasteiger partial charge in [0, 0.05) is 5.69 Å². The third-order valence-corrected chi connectivity index (χ3v) is 4.22. The minimum Gasteiger partial charge on any atom is -0.503 e. The van der Waals surface area contributed by atoms with E-state index in [1.165, 1.54) is 12.1 Å². The lowest BCUT2D eigenvalue weighted by atomic mass is 10.1. The van der Waals surface area contributed by atoms with E-state index < -0.39 is 18.5 Å². The van der Waals surface area contributed by atoms with Crippen LogP contribution in [0.5, 0.6) is 11.5 Å². The second kappa shape index (κ2) is 8.63. The van der Waals surface area contributed by atoms with E-state index in [1.807, 2.05) is 36.4 Å². The average Bonchev–Trinajstić information content (AvgIpc) is 2.69. The Morgan fingerprint density at radius 3 is 2.57 bits per heavy atom. The van der Waals surface area contributed by atoms with Crippen LogP contribution in [0.4, 0.5) is 5.69 Å². The fourth-order valence-electron chi connectivity index (χ4n) is 2.64. The van der Waals surface area contributed by atoms with Crippen molar-refractivity contribution in [2.75, 3.05) is 18.5 Å². The summed E-state index contributed by atoms with van der Waals surface area (Å²) in [6.45, 7) is 1.56. The summed E-state index contributed by atoms with van der Waals surface area (Å²) < 4.78 is 10.3. The molecule has 6 nitrogen and oxygen atoms in total. The highest BCUT2D eigenvalue weighted by Gasteiger charge is 2.16. The maximum absolute atomic E-state index is 12.2. The molecular weight excluding hydrogens is 382 g/mol. The number of anilines is 1. The number of carbonyl (C=O) groups excluding carboxylic acids is 2. The number of benzene rings is 3. The Labute approximate surface area is 166 Å². The highest BCUT2D eigenvalue weighted by atomic mass is 35.5.